The highest BCUT2D eigenvalue weighted by Gasteiger charge is 2.03. The van der Waals surface area contributed by atoms with Crippen LogP contribution in [0.5, 0.6) is 5.75 Å². The highest BCUT2D eigenvalue weighted by atomic mass is 19.1. The van der Waals surface area contributed by atoms with E-state index in [0.717, 1.165) is 16.9 Å². The van der Waals surface area contributed by atoms with Crippen molar-refractivity contribution in [2.75, 3.05) is 14.2 Å². The van der Waals surface area contributed by atoms with E-state index < -0.39 is 0 Å². The molecule has 0 saturated heterocycles. The number of aliphatic imine (C=N–C) groups is 1. The molecule has 0 radical (unpaired) electrons. The molecule has 0 aliphatic heterocycles. The summed E-state index contributed by atoms with van der Waals surface area (Å²) in [6.45, 7) is 1.09. The summed E-state index contributed by atoms with van der Waals surface area (Å²) in [5, 5.41) is 6.36. The van der Waals surface area contributed by atoms with Crippen molar-refractivity contribution in [1.29, 1.82) is 0 Å². The van der Waals surface area contributed by atoms with E-state index in [4.69, 9.17) is 4.74 Å². The predicted molar refractivity (Wildman–Crippen MR) is 86.4 cm³/mol. The number of halogens is 1. The predicted octanol–water partition coefficient (Wildman–Crippen LogP) is 2.70. The molecule has 0 bridgehead atoms. The zero-order valence-electron chi connectivity index (χ0n) is 12.8. The van der Waals surface area contributed by atoms with Crippen molar-refractivity contribution in [1.82, 2.24) is 10.6 Å². The Bertz CT molecular complexity index is 643. The van der Waals surface area contributed by atoms with Gasteiger partial charge in [-0.1, -0.05) is 30.3 Å². The van der Waals surface area contributed by atoms with Crippen molar-refractivity contribution in [3.8, 4) is 5.75 Å². The lowest BCUT2D eigenvalue weighted by Gasteiger charge is -2.13. The minimum atomic E-state index is -0.240. The van der Waals surface area contributed by atoms with E-state index in [0.29, 0.717) is 19.0 Å². The number of methoxy groups -OCH3 is 1. The first-order valence-corrected chi connectivity index (χ1v) is 7.04. The van der Waals surface area contributed by atoms with Crippen molar-refractivity contribution in [2.24, 2.45) is 4.99 Å². The Kier molecular flexibility index (Phi) is 5.77. The topological polar surface area (TPSA) is 45.7 Å². The minimum Gasteiger partial charge on any atom is -0.496 e. The van der Waals surface area contributed by atoms with Crippen LogP contribution in [0.2, 0.25) is 0 Å². The maximum Gasteiger partial charge on any atom is 0.191 e. The average Bonchev–Trinajstić information content (AvgIpc) is 2.55. The smallest absolute Gasteiger partial charge is 0.191 e. The van der Waals surface area contributed by atoms with Gasteiger partial charge in [0, 0.05) is 25.7 Å². The number of nitrogens with one attached hydrogen (secondary N) is 2. The molecule has 0 fully saturated rings. The molecule has 2 aromatic rings. The van der Waals surface area contributed by atoms with Crippen LogP contribution < -0.4 is 15.4 Å². The number of guanidine groups is 1. The van der Waals surface area contributed by atoms with Gasteiger partial charge in [0.1, 0.15) is 11.6 Å². The Hall–Kier alpha value is -2.56. The Morgan fingerprint density at radius 2 is 1.86 bits per heavy atom. The molecule has 0 aliphatic carbocycles. The van der Waals surface area contributed by atoms with E-state index in [9.17, 15) is 4.39 Å². The van der Waals surface area contributed by atoms with Gasteiger partial charge in [-0.25, -0.2) is 4.39 Å². The molecule has 4 nitrogen and oxygen atoms in total. The molecule has 5 heteroatoms. The monoisotopic (exact) mass is 301 g/mol. The first-order valence-electron chi connectivity index (χ1n) is 7.04. The highest BCUT2D eigenvalue weighted by Crippen LogP contribution is 2.16. The molecule has 0 aliphatic rings. The van der Waals surface area contributed by atoms with E-state index in [1.165, 1.54) is 12.1 Å². The zero-order chi connectivity index (χ0) is 15.8. The van der Waals surface area contributed by atoms with E-state index in [1.54, 1.807) is 20.2 Å². The summed E-state index contributed by atoms with van der Waals surface area (Å²) in [6, 6.07) is 14.3. The second-order valence-electron chi connectivity index (χ2n) is 4.72. The third-order valence-electron chi connectivity index (χ3n) is 3.21. The van der Waals surface area contributed by atoms with Gasteiger partial charge >= 0.3 is 0 Å². The van der Waals surface area contributed by atoms with Gasteiger partial charge in [-0.05, 0) is 23.8 Å². The van der Waals surface area contributed by atoms with E-state index in [-0.39, 0.29) is 5.82 Å². The summed E-state index contributed by atoms with van der Waals surface area (Å²) in [5.41, 5.74) is 1.90. The minimum absolute atomic E-state index is 0.240. The lowest BCUT2D eigenvalue weighted by molar-refractivity contribution is 0.409. The summed E-state index contributed by atoms with van der Waals surface area (Å²) in [6.07, 6.45) is 0. The molecule has 0 atom stereocenters. The lowest BCUT2D eigenvalue weighted by Crippen LogP contribution is -2.36. The molecule has 2 rings (SSSR count). The van der Waals surface area contributed by atoms with Crippen molar-refractivity contribution in [3.63, 3.8) is 0 Å². The summed E-state index contributed by atoms with van der Waals surface area (Å²) in [5.74, 6) is 1.24. The Morgan fingerprint density at radius 3 is 2.59 bits per heavy atom. The summed E-state index contributed by atoms with van der Waals surface area (Å²) in [4.78, 5) is 4.16. The van der Waals surface area contributed by atoms with Gasteiger partial charge in [0.15, 0.2) is 5.96 Å². The molecule has 0 saturated carbocycles. The van der Waals surface area contributed by atoms with E-state index in [1.807, 2.05) is 30.3 Å². The second-order valence-corrected chi connectivity index (χ2v) is 4.72. The first kappa shape index (κ1) is 15.8. The molecule has 0 spiro atoms. The van der Waals surface area contributed by atoms with Crippen molar-refractivity contribution in [2.45, 2.75) is 13.1 Å². The number of hydrogen-bond acceptors (Lipinski definition) is 2. The van der Waals surface area contributed by atoms with Crippen LogP contribution in [-0.2, 0) is 13.1 Å². The van der Waals surface area contributed by atoms with E-state index in [2.05, 4.69) is 15.6 Å². The lowest BCUT2D eigenvalue weighted by atomic mass is 10.2. The van der Waals surface area contributed by atoms with Crippen LogP contribution in [0, 0.1) is 5.82 Å². The van der Waals surface area contributed by atoms with Crippen molar-refractivity contribution >= 4 is 5.96 Å². The molecule has 2 N–H and O–H groups in total. The van der Waals surface area contributed by atoms with Gasteiger partial charge in [-0.3, -0.25) is 4.99 Å². The number of nitrogens with zero attached hydrogens (tertiary/aromatic N) is 1. The Balaban J connectivity index is 1.90. The van der Waals surface area contributed by atoms with Gasteiger partial charge in [0.2, 0.25) is 0 Å². The number of para-hydroxylation sites is 1. The molecule has 0 amide bonds. The molecular weight excluding hydrogens is 281 g/mol. The van der Waals surface area contributed by atoms with Gasteiger partial charge in [-0.2, -0.15) is 0 Å². The summed E-state index contributed by atoms with van der Waals surface area (Å²) in [7, 11) is 3.35. The maximum atomic E-state index is 13.1. The van der Waals surface area contributed by atoms with E-state index >= 15 is 0 Å². The standard InChI is InChI=1S/C17H20FN3O/c1-19-17(20-11-13-6-5-8-15(18)10-13)21-12-14-7-3-4-9-16(14)22-2/h3-10H,11-12H2,1-2H3,(H2,19,20,21). The quantitative estimate of drug-likeness (QED) is 0.659. The van der Waals surface area contributed by atoms with Crippen molar-refractivity contribution in [3.05, 3.63) is 65.5 Å². The van der Waals surface area contributed by atoms with Crippen LogP contribution in [0.25, 0.3) is 0 Å². The third kappa shape index (κ3) is 4.48. The molecule has 2 aromatic carbocycles. The first-order chi connectivity index (χ1) is 10.7. The molecule has 0 unspecified atom stereocenters. The summed E-state index contributed by atoms with van der Waals surface area (Å²) >= 11 is 0. The molecule has 0 heterocycles. The molecular formula is C17H20FN3O. The number of hydrogen-bond donors (Lipinski definition) is 2. The summed E-state index contributed by atoms with van der Waals surface area (Å²) < 4.78 is 18.5. The SMILES string of the molecule is CN=C(NCc1cccc(F)c1)NCc1ccccc1OC. The zero-order valence-corrected chi connectivity index (χ0v) is 12.8. The third-order valence-corrected chi connectivity index (χ3v) is 3.21. The van der Waals surface area contributed by atoms with Crippen LogP contribution >= 0.6 is 0 Å². The fourth-order valence-electron chi connectivity index (χ4n) is 2.08. The molecule has 22 heavy (non-hydrogen) atoms. The largest absolute Gasteiger partial charge is 0.496 e. The van der Waals surface area contributed by atoms with Crippen LogP contribution in [-0.4, -0.2) is 20.1 Å². The average molecular weight is 301 g/mol. The van der Waals surface area contributed by atoms with Crippen LogP contribution in [0.3, 0.4) is 0 Å². The second kappa shape index (κ2) is 8.02. The van der Waals surface area contributed by atoms with Crippen LogP contribution in [0.15, 0.2) is 53.5 Å². The molecule has 0 aromatic heterocycles. The van der Waals surface area contributed by atoms with Crippen molar-refractivity contribution < 1.29 is 9.13 Å². The fourth-order valence-corrected chi connectivity index (χ4v) is 2.08. The Labute approximate surface area is 130 Å². The number of benzene rings is 2. The Morgan fingerprint density at radius 1 is 1.09 bits per heavy atom. The van der Waals surface area contributed by atoms with Crippen LogP contribution in [0.4, 0.5) is 4.39 Å². The van der Waals surface area contributed by atoms with Gasteiger partial charge in [0.05, 0.1) is 7.11 Å². The molecule has 116 valence electrons. The fraction of sp³-hybridized carbons (Fsp3) is 0.235. The highest BCUT2D eigenvalue weighted by molar-refractivity contribution is 5.79. The van der Waals surface area contributed by atoms with Gasteiger partial charge in [-0.15, -0.1) is 0 Å². The maximum absolute atomic E-state index is 13.1. The number of rotatable bonds is 5. The van der Waals surface area contributed by atoms with Gasteiger partial charge < -0.3 is 15.4 Å². The van der Waals surface area contributed by atoms with Gasteiger partial charge in [0.25, 0.3) is 0 Å². The number of ether oxygens (including phenoxy) is 1. The van der Waals surface area contributed by atoms with Crippen LogP contribution in [0.1, 0.15) is 11.1 Å². The normalized spacial score (nSPS) is 11.1.